The van der Waals surface area contributed by atoms with Crippen molar-refractivity contribution in [1.29, 1.82) is 0 Å². The monoisotopic (exact) mass is 204 g/mol. The van der Waals surface area contributed by atoms with E-state index in [1.807, 2.05) is 12.1 Å². The first-order chi connectivity index (χ1) is 7.33. The van der Waals surface area contributed by atoms with Crippen molar-refractivity contribution in [3.05, 3.63) is 42.0 Å². The molecule has 2 N–H and O–H groups in total. The third-order valence-corrected chi connectivity index (χ3v) is 2.51. The van der Waals surface area contributed by atoms with E-state index in [0.717, 1.165) is 23.8 Å². The molecule has 0 fully saturated rings. The molecule has 0 radical (unpaired) electrons. The number of pyridine rings is 1. The van der Waals surface area contributed by atoms with E-state index in [1.54, 1.807) is 12.4 Å². The van der Waals surface area contributed by atoms with Crippen molar-refractivity contribution >= 4 is 10.8 Å². The Balaban J connectivity index is 2.51. The third kappa shape index (κ3) is 1.97. The number of halogens is 1. The fourth-order valence-corrected chi connectivity index (χ4v) is 1.73. The molecule has 2 aromatic rings. The first-order valence-corrected chi connectivity index (χ1v) is 5.04. The summed E-state index contributed by atoms with van der Waals surface area (Å²) in [6, 6.07) is 5.17. The van der Waals surface area contributed by atoms with Crippen LogP contribution in [0.25, 0.3) is 10.8 Å². The smallest absolute Gasteiger partial charge is 0.132 e. The normalized spacial score (nSPS) is 10.8. The standard InChI is InChI=1S/C12H13FN2/c13-12-4-3-9(2-1-6-14)10-5-7-15-8-11(10)12/h3-5,7-8H,1-2,6,14H2. The maximum absolute atomic E-state index is 13.4. The topological polar surface area (TPSA) is 38.9 Å². The van der Waals surface area contributed by atoms with E-state index in [1.165, 1.54) is 6.07 Å². The van der Waals surface area contributed by atoms with Gasteiger partial charge in [-0.2, -0.15) is 0 Å². The zero-order valence-electron chi connectivity index (χ0n) is 8.41. The highest BCUT2D eigenvalue weighted by Gasteiger charge is 2.04. The predicted molar refractivity (Wildman–Crippen MR) is 59.1 cm³/mol. The average molecular weight is 204 g/mol. The summed E-state index contributed by atoms with van der Waals surface area (Å²) >= 11 is 0. The Hall–Kier alpha value is -1.48. The molecule has 0 aliphatic carbocycles. The van der Waals surface area contributed by atoms with E-state index in [0.29, 0.717) is 11.9 Å². The molecule has 0 unspecified atom stereocenters. The van der Waals surface area contributed by atoms with Gasteiger partial charge in [0.25, 0.3) is 0 Å². The molecule has 1 aromatic carbocycles. The number of aromatic nitrogens is 1. The highest BCUT2D eigenvalue weighted by Crippen LogP contribution is 2.21. The molecule has 2 nitrogen and oxygen atoms in total. The second-order valence-electron chi connectivity index (χ2n) is 3.52. The Bertz CT molecular complexity index is 468. The summed E-state index contributed by atoms with van der Waals surface area (Å²) in [5.74, 6) is -0.213. The lowest BCUT2D eigenvalue weighted by atomic mass is 10.0. The Morgan fingerprint density at radius 2 is 2.07 bits per heavy atom. The fourth-order valence-electron chi connectivity index (χ4n) is 1.73. The highest BCUT2D eigenvalue weighted by atomic mass is 19.1. The molecule has 0 spiro atoms. The third-order valence-electron chi connectivity index (χ3n) is 2.51. The average Bonchev–Trinajstić information content (AvgIpc) is 2.29. The second kappa shape index (κ2) is 4.36. The quantitative estimate of drug-likeness (QED) is 0.832. The number of nitrogens with two attached hydrogens (primary N) is 1. The van der Waals surface area contributed by atoms with Crippen molar-refractivity contribution in [1.82, 2.24) is 4.98 Å². The maximum Gasteiger partial charge on any atom is 0.132 e. The van der Waals surface area contributed by atoms with E-state index in [2.05, 4.69) is 4.98 Å². The van der Waals surface area contributed by atoms with Crippen molar-refractivity contribution in [2.75, 3.05) is 6.54 Å². The Labute approximate surface area is 87.9 Å². The van der Waals surface area contributed by atoms with Gasteiger partial charge in [-0.25, -0.2) is 4.39 Å². The van der Waals surface area contributed by atoms with Crippen LogP contribution in [0.1, 0.15) is 12.0 Å². The molecule has 1 heterocycles. The number of hydrogen-bond donors (Lipinski definition) is 1. The molecule has 15 heavy (non-hydrogen) atoms. The van der Waals surface area contributed by atoms with Gasteiger partial charge in [-0.3, -0.25) is 4.98 Å². The second-order valence-corrected chi connectivity index (χ2v) is 3.52. The first kappa shape index (κ1) is 10.1. The van der Waals surface area contributed by atoms with Gasteiger partial charge < -0.3 is 5.73 Å². The SMILES string of the molecule is NCCCc1ccc(F)c2cnccc12. The van der Waals surface area contributed by atoms with Gasteiger partial charge >= 0.3 is 0 Å². The van der Waals surface area contributed by atoms with Crippen molar-refractivity contribution in [3.63, 3.8) is 0 Å². The minimum atomic E-state index is -0.213. The summed E-state index contributed by atoms with van der Waals surface area (Å²) in [7, 11) is 0. The van der Waals surface area contributed by atoms with E-state index in [-0.39, 0.29) is 5.82 Å². The Morgan fingerprint density at radius 3 is 2.87 bits per heavy atom. The van der Waals surface area contributed by atoms with Crippen LogP contribution in [0, 0.1) is 5.82 Å². The Kier molecular flexibility index (Phi) is 2.92. The summed E-state index contributed by atoms with van der Waals surface area (Å²) in [5, 5.41) is 1.53. The summed E-state index contributed by atoms with van der Waals surface area (Å²) in [6.07, 6.45) is 5.06. The van der Waals surface area contributed by atoms with E-state index < -0.39 is 0 Å². The molecule has 0 aliphatic rings. The number of fused-ring (bicyclic) bond motifs is 1. The van der Waals surface area contributed by atoms with Gasteiger partial charge in [0.2, 0.25) is 0 Å². The molecular weight excluding hydrogens is 191 g/mol. The minimum absolute atomic E-state index is 0.213. The molecule has 0 saturated carbocycles. The number of benzene rings is 1. The van der Waals surface area contributed by atoms with Crippen LogP contribution in [0.15, 0.2) is 30.6 Å². The maximum atomic E-state index is 13.4. The minimum Gasteiger partial charge on any atom is -0.330 e. The molecule has 0 saturated heterocycles. The molecular formula is C12H13FN2. The van der Waals surface area contributed by atoms with Crippen LogP contribution in [0.3, 0.4) is 0 Å². The van der Waals surface area contributed by atoms with E-state index >= 15 is 0 Å². The number of nitrogens with zero attached hydrogens (tertiary/aromatic N) is 1. The molecule has 78 valence electrons. The van der Waals surface area contributed by atoms with Gasteiger partial charge in [-0.1, -0.05) is 6.07 Å². The van der Waals surface area contributed by atoms with E-state index in [4.69, 9.17) is 5.73 Å². The molecule has 0 aliphatic heterocycles. The summed E-state index contributed by atoms with van der Waals surface area (Å²) in [4.78, 5) is 3.93. The van der Waals surface area contributed by atoms with Crippen LogP contribution in [0.5, 0.6) is 0 Å². The van der Waals surface area contributed by atoms with Gasteiger partial charge in [0.05, 0.1) is 0 Å². The van der Waals surface area contributed by atoms with Crippen LogP contribution in [0.4, 0.5) is 4.39 Å². The zero-order chi connectivity index (χ0) is 10.7. The summed E-state index contributed by atoms with van der Waals surface area (Å²) in [5.41, 5.74) is 6.60. The lowest BCUT2D eigenvalue weighted by Gasteiger charge is -2.06. The van der Waals surface area contributed by atoms with Crippen molar-refractivity contribution in [2.24, 2.45) is 5.73 Å². The molecule has 1 aromatic heterocycles. The van der Waals surface area contributed by atoms with Crippen molar-refractivity contribution in [2.45, 2.75) is 12.8 Å². The predicted octanol–water partition coefficient (Wildman–Crippen LogP) is 2.27. The van der Waals surface area contributed by atoms with Crippen LogP contribution < -0.4 is 5.73 Å². The zero-order valence-corrected chi connectivity index (χ0v) is 8.41. The molecule has 0 amide bonds. The van der Waals surface area contributed by atoms with Crippen molar-refractivity contribution < 1.29 is 4.39 Å². The van der Waals surface area contributed by atoms with Gasteiger partial charge in [0, 0.05) is 17.8 Å². The molecule has 0 atom stereocenters. The lowest BCUT2D eigenvalue weighted by Crippen LogP contribution is -2.01. The fraction of sp³-hybridized carbons (Fsp3) is 0.250. The largest absolute Gasteiger partial charge is 0.330 e. The number of rotatable bonds is 3. The van der Waals surface area contributed by atoms with Crippen LogP contribution in [0.2, 0.25) is 0 Å². The summed E-state index contributed by atoms with van der Waals surface area (Å²) in [6.45, 7) is 0.657. The lowest BCUT2D eigenvalue weighted by molar-refractivity contribution is 0.638. The number of aryl methyl sites for hydroxylation is 1. The number of hydrogen-bond acceptors (Lipinski definition) is 2. The molecule has 0 bridgehead atoms. The Morgan fingerprint density at radius 1 is 1.20 bits per heavy atom. The van der Waals surface area contributed by atoms with Crippen LogP contribution in [-0.4, -0.2) is 11.5 Å². The van der Waals surface area contributed by atoms with Crippen LogP contribution in [-0.2, 0) is 6.42 Å². The summed E-state index contributed by atoms with van der Waals surface area (Å²) < 4.78 is 13.4. The molecule has 2 rings (SSSR count). The first-order valence-electron chi connectivity index (χ1n) is 5.04. The van der Waals surface area contributed by atoms with E-state index in [9.17, 15) is 4.39 Å². The highest BCUT2D eigenvalue weighted by molar-refractivity contribution is 5.85. The van der Waals surface area contributed by atoms with Gasteiger partial charge in [0.15, 0.2) is 0 Å². The van der Waals surface area contributed by atoms with Crippen LogP contribution >= 0.6 is 0 Å². The molecule has 3 heteroatoms. The van der Waals surface area contributed by atoms with Gasteiger partial charge in [0.1, 0.15) is 5.82 Å². The van der Waals surface area contributed by atoms with Crippen molar-refractivity contribution in [3.8, 4) is 0 Å². The van der Waals surface area contributed by atoms with Gasteiger partial charge in [-0.05, 0) is 42.5 Å². The van der Waals surface area contributed by atoms with Gasteiger partial charge in [-0.15, -0.1) is 0 Å².